The van der Waals surface area contributed by atoms with Crippen molar-refractivity contribution in [2.24, 2.45) is 0 Å². The number of halogens is 3. The first kappa shape index (κ1) is 13.9. The quantitative estimate of drug-likeness (QED) is 0.889. The number of rotatable bonds is 2. The molecule has 0 unspecified atom stereocenters. The molecule has 104 valence electrons. The van der Waals surface area contributed by atoms with Gasteiger partial charge in [-0.15, -0.1) is 0 Å². The first-order valence-electron chi connectivity index (χ1n) is 5.49. The summed E-state index contributed by atoms with van der Waals surface area (Å²) in [4.78, 5) is 15.4. The molecule has 20 heavy (non-hydrogen) atoms. The fraction of sp³-hybridized carbons (Fsp3) is 0.0769. The van der Waals surface area contributed by atoms with Crippen molar-refractivity contribution in [1.82, 2.24) is 4.98 Å². The molecule has 7 heteroatoms. The zero-order chi connectivity index (χ0) is 14.8. The van der Waals surface area contributed by atoms with Crippen LogP contribution < -0.4 is 5.32 Å². The van der Waals surface area contributed by atoms with Gasteiger partial charge in [0.1, 0.15) is 5.75 Å². The third kappa shape index (κ3) is 3.05. The molecule has 0 aliphatic carbocycles. The maximum atomic E-state index is 12.5. The zero-order valence-corrected chi connectivity index (χ0v) is 9.98. The van der Waals surface area contributed by atoms with E-state index >= 15 is 0 Å². The van der Waals surface area contributed by atoms with Crippen LogP contribution in [0.25, 0.3) is 0 Å². The number of hydrogen-bond acceptors (Lipinski definition) is 3. The fourth-order valence-electron chi connectivity index (χ4n) is 1.55. The summed E-state index contributed by atoms with van der Waals surface area (Å²) in [6.45, 7) is 0. The lowest BCUT2D eigenvalue weighted by molar-refractivity contribution is -0.137. The van der Waals surface area contributed by atoms with E-state index in [0.29, 0.717) is 0 Å². The predicted molar refractivity (Wildman–Crippen MR) is 65.3 cm³/mol. The van der Waals surface area contributed by atoms with Crippen LogP contribution in [0.15, 0.2) is 42.7 Å². The second-order valence-electron chi connectivity index (χ2n) is 3.93. The highest BCUT2D eigenvalue weighted by atomic mass is 19.4. The summed E-state index contributed by atoms with van der Waals surface area (Å²) in [6, 6.07) is 5.49. The van der Waals surface area contributed by atoms with E-state index in [4.69, 9.17) is 0 Å². The van der Waals surface area contributed by atoms with E-state index in [1.807, 2.05) is 0 Å². The van der Waals surface area contributed by atoms with Gasteiger partial charge in [0.2, 0.25) is 0 Å². The lowest BCUT2D eigenvalue weighted by Gasteiger charge is -2.10. The Morgan fingerprint density at radius 3 is 2.65 bits per heavy atom. The van der Waals surface area contributed by atoms with Gasteiger partial charge in [-0.3, -0.25) is 9.78 Å². The van der Waals surface area contributed by atoms with Crippen LogP contribution in [0.3, 0.4) is 0 Å². The van der Waals surface area contributed by atoms with Gasteiger partial charge in [-0.2, -0.15) is 13.2 Å². The third-order valence-electron chi connectivity index (χ3n) is 2.49. The molecule has 0 radical (unpaired) electrons. The molecule has 1 aromatic carbocycles. The van der Waals surface area contributed by atoms with E-state index in [-0.39, 0.29) is 17.0 Å². The van der Waals surface area contributed by atoms with Gasteiger partial charge in [0.05, 0.1) is 17.3 Å². The van der Waals surface area contributed by atoms with Crippen LogP contribution in [0.4, 0.5) is 18.9 Å². The predicted octanol–water partition coefficient (Wildman–Crippen LogP) is 3.06. The van der Waals surface area contributed by atoms with Crippen molar-refractivity contribution in [2.45, 2.75) is 6.18 Å². The van der Waals surface area contributed by atoms with E-state index < -0.39 is 17.6 Å². The Bertz CT molecular complexity index is 642. The summed E-state index contributed by atoms with van der Waals surface area (Å²) >= 11 is 0. The molecular formula is C13H9F3N2O2. The van der Waals surface area contributed by atoms with Gasteiger partial charge >= 0.3 is 6.18 Å². The number of carbonyl (C=O) groups is 1. The molecule has 2 rings (SSSR count). The maximum absolute atomic E-state index is 12.5. The van der Waals surface area contributed by atoms with E-state index in [2.05, 4.69) is 10.3 Å². The number of nitrogens with one attached hydrogen (secondary N) is 1. The molecule has 0 saturated heterocycles. The zero-order valence-electron chi connectivity index (χ0n) is 9.98. The van der Waals surface area contributed by atoms with E-state index in [1.54, 1.807) is 0 Å². The Balaban J connectivity index is 2.23. The molecule has 0 spiro atoms. The first-order valence-corrected chi connectivity index (χ1v) is 5.49. The Hall–Kier alpha value is -2.57. The Morgan fingerprint density at radius 1 is 1.25 bits per heavy atom. The van der Waals surface area contributed by atoms with Crippen molar-refractivity contribution in [1.29, 1.82) is 0 Å². The smallest absolute Gasteiger partial charge is 0.416 e. The van der Waals surface area contributed by atoms with Crippen LogP contribution in [0.5, 0.6) is 5.75 Å². The average molecular weight is 282 g/mol. The number of pyridine rings is 1. The topological polar surface area (TPSA) is 62.2 Å². The molecule has 1 amide bonds. The van der Waals surface area contributed by atoms with Crippen molar-refractivity contribution in [3.05, 3.63) is 53.9 Å². The van der Waals surface area contributed by atoms with Crippen molar-refractivity contribution >= 4 is 11.6 Å². The SMILES string of the molecule is O=C(Nc1cccc(C(F)(F)F)c1)c1ccncc1O. The van der Waals surface area contributed by atoms with Crippen molar-refractivity contribution in [3.63, 3.8) is 0 Å². The summed E-state index contributed by atoms with van der Waals surface area (Å²) in [7, 11) is 0. The van der Waals surface area contributed by atoms with Crippen LogP contribution in [-0.2, 0) is 6.18 Å². The van der Waals surface area contributed by atoms with Gasteiger partial charge in [0.25, 0.3) is 5.91 Å². The molecule has 0 atom stereocenters. The Morgan fingerprint density at radius 2 is 2.00 bits per heavy atom. The monoisotopic (exact) mass is 282 g/mol. The molecule has 0 saturated carbocycles. The minimum atomic E-state index is -4.49. The summed E-state index contributed by atoms with van der Waals surface area (Å²) in [5.41, 5.74) is -0.951. The largest absolute Gasteiger partial charge is 0.505 e. The van der Waals surface area contributed by atoms with Gasteiger partial charge < -0.3 is 10.4 Å². The number of alkyl halides is 3. The highest BCUT2D eigenvalue weighted by Crippen LogP contribution is 2.30. The van der Waals surface area contributed by atoms with Crippen LogP contribution >= 0.6 is 0 Å². The molecule has 4 nitrogen and oxygen atoms in total. The maximum Gasteiger partial charge on any atom is 0.416 e. The van der Waals surface area contributed by atoms with E-state index in [9.17, 15) is 23.1 Å². The number of anilines is 1. The van der Waals surface area contributed by atoms with Crippen molar-refractivity contribution in [2.75, 3.05) is 5.32 Å². The summed E-state index contributed by atoms with van der Waals surface area (Å²) in [5, 5.41) is 11.7. The van der Waals surface area contributed by atoms with Crippen LogP contribution in [0, 0.1) is 0 Å². The molecule has 0 aliphatic rings. The molecule has 0 aliphatic heterocycles. The van der Waals surface area contributed by atoms with Gasteiger partial charge in [0.15, 0.2) is 0 Å². The second-order valence-corrected chi connectivity index (χ2v) is 3.93. The molecule has 1 aromatic heterocycles. The Labute approximate surface area is 111 Å². The van der Waals surface area contributed by atoms with Crippen molar-refractivity contribution < 1.29 is 23.1 Å². The number of amides is 1. The molecule has 0 fully saturated rings. The Kier molecular flexibility index (Phi) is 3.60. The van der Waals surface area contributed by atoms with Crippen LogP contribution in [0.1, 0.15) is 15.9 Å². The summed E-state index contributed by atoms with van der Waals surface area (Å²) in [5.74, 6) is -1.07. The number of carbonyl (C=O) groups excluding carboxylic acids is 1. The lowest BCUT2D eigenvalue weighted by atomic mass is 10.2. The van der Waals surface area contributed by atoms with Crippen LogP contribution in [-0.4, -0.2) is 16.0 Å². The van der Waals surface area contributed by atoms with Gasteiger partial charge in [-0.25, -0.2) is 0 Å². The van der Waals surface area contributed by atoms with E-state index in [1.165, 1.54) is 24.4 Å². The third-order valence-corrected chi connectivity index (χ3v) is 2.49. The average Bonchev–Trinajstić information content (AvgIpc) is 2.38. The number of aromatic nitrogens is 1. The number of hydrogen-bond donors (Lipinski definition) is 2. The molecule has 2 N–H and O–H groups in total. The van der Waals surface area contributed by atoms with Crippen LogP contribution in [0.2, 0.25) is 0 Å². The molecule has 2 aromatic rings. The lowest BCUT2D eigenvalue weighted by Crippen LogP contribution is -2.13. The number of benzene rings is 1. The normalized spacial score (nSPS) is 11.2. The molecule has 0 bridgehead atoms. The van der Waals surface area contributed by atoms with Gasteiger partial charge in [-0.05, 0) is 24.3 Å². The molecular weight excluding hydrogens is 273 g/mol. The molecule has 1 heterocycles. The van der Waals surface area contributed by atoms with E-state index in [0.717, 1.165) is 18.3 Å². The van der Waals surface area contributed by atoms with Gasteiger partial charge in [0, 0.05) is 11.9 Å². The minimum Gasteiger partial charge on any atom is -0.505 e. The number of aromatic hydroxyl groups is 1. The standard InChI is InChI=1S/C13H9F3N2O2/c14-13(15,16)8-2-1-3-9(6-8)18-12(20)10-4-5-17-7-11(10)19/h1-7,19H,(H,18,20). The first-order chi connectivity index (χ1) is 9.38. The second kappa shape index (κ2) is 5.20. The van der Waals surface area contributed by atoms with Gasteiger partial charge in [-0.1, -0.05) is 6.07 Å². The summed E-state index contributed by atoms with van der Waals surface area (Å²) < 4.78 is 37.6. The highest BCUT2D eigenvalue weighted by molar-refractivity contribution is 6.06. The highest BCUT2D eigenvalue weighted by Gasteiger charge is 2.30. The fourth-order valence-corrected chi connectivity index (χ4v) is 1.55. The summed E-state index contributed by atoms with van der Waals surface area (Å²) in [6.07, 6.45) is -2.12. The van der Waals surface area contributed by atoms with Crippen molar-refractivity contribution in [3.8, 4) is 5.75 Å². The minimum absolute atomic E-state index is 0.0129. The number of nitrogens with zero attached hydrogens (tertiary/aromatic N) is 1.